The lowest BCUT2D eigenvalue weighted by molar-refractivity contribution is 0.0947. The molecule has 112 valence electrons. The van der Waals surface area contributed by atoms with E-state index in [1.165, 1.54) is 5.56 Å². The fourth-order valence-electron chi connectivity index (χ4n) is 2.14. The number of nitrogen functional groups attached to an aromatic ring is 1. The molecule has 0 atom stereocenters. The maximum atomic E-state index is 12.1. The number of aromatic amines is 1. The molecule has 1 heterocycles. The van der Waals surface area contributed by atoms with Crippen molar-refractivity contribution in [3.63, 3.8) is 0 Å². The fraction of sp³-hybridized carbons (Fsp3) is 0.375. The van der Waals surface area contributed by atoms with E-state index in [1.54, 1.807) is 0 Å². The topological polar surface area (TPSA) is 83.8 Å². The van der Waals surface area contributed by atoms with Crippen molar-refractivity contribution in [1.82, 2.24) is 15.5 Å². The van der Waals surface area contributed by atoms with Crippen LogP contribution in [0.5, 0.6) is 0 Å². The van der Waals surface area contributed by atoms with Crippen LogP contribution in [0.1, 0.15) is 54.0 Å². The Hall–Kier alpha value is -2.30. The number of benzene rings is 1. The second kappa shape index (κ2) is 6.43. The lowest BCUT2D eigenvalue weighted by Gasteiger charge is -2.06. The first kappa shape index (κ1) is 15.1. The highest BCUT2D eigenvalue weighted by Gasteiger charge is 2.18. The second-order valence-electron chi connectivity index (χ2n) is 5.41. The molecule has 0 spiro atoms. The maximum Gasteiger partial charge on any atom is 0.274 e. The Balaban J connectivity index is 2.01. The van der Waals surface area contributed by atoms with Crippen LogP contribution in [-0.4, -0.2) is 16.1 Å². The zero-order chi connectivity index (χ0) is 15.4. The average Bonchev–Trinajstić information content (AvgIpc) is 2.87. The molecule has 0 aliphatic carbocycles. The lowest BCUT2D eigenvalue weighted by Crippen LogP contribution is -2.24. The van der Waals surface area contributed by atoms with Crippen molar-refractivity contribution in [2.75, 3.05) is 5.73 Å². The van der Waals surface area contributed by atoms with Crippen LogP contribution in [0, 0.1) is 0 Å². The summed E-state index contributed by atoms with van der Waals surface area (Å²) in [6.07, 6.45) is 1.01. The number of nitrogens with two attached hydrogens (primary N) is 1. The first-order valence-electron chi connectivity index (χ1n) is 7.22. The molecule has 5 heteroatoms. The first-order chi connectivity index (χ1) is 10.0. The number of H-pyrrole nitrogens is 1. The summed E-state index contributed by atoms with van der Waals surface area (Å²) in [6, 6.07) is 8.18. The molecule has 1 aromatic heterocycles. The number of rotatable bonds is 5. The van der Waals surface area contributed by atoms with Gasteiger partial charge in [0.1, 0.15) is 0 Å². The Bertz CT molecular complexity index is 614. The number of aryl methyl sites for hydroxylation is 1. The summed E-state index contributed by atoms with van der Waals surface area (Å²) in [5.74, 6) is -0.0455. The van der Waals surface area contributed by atoms with Gasteiger partial charge in [0, 0.05) is 6.54 Å². The quantitative estimate of drug-likeness (QED) is 0.790. The molecular weight excluding hydrogens is 264 g/mol. The highest BCUT2D eigenvalue weighted by Crippen LogP contribution is 2.21. The zero-order valence-corrected chi connectivity index (χ0v) is 12.7. The Labute approximate surface area is 124 Å². The lowest BCUT2D eigenvalue weighted by atomic mass is 10.1. The van der Waals surface area contributed by atoms with Crippen molar-refractivity contribution in [1.29, 1.82) is 0 Å². The summed E-state index contributed by atoms with van der Waals surface area (Å²) < 4.78 is 0. The van der Waals surface area contributed by atoms with Gasteiger partial charge in [-0.2, -0.15) is 5.10 Å². The van der Waals surface area contributed by atoms with Gasteiger partial charge in [0.2, 0.25) is 0 Å². The number of nitrogens with zero attached hydrogens (tertiary/aromatic N) is 1. The van der Waals surface area contributed by atoms with E-state index in [1.807, 2.05) is 26.0 Å². The SMILES string of the molecule is CCc1ccc(CNC(=O)c2n[nH]c(C(C)C)c2N)cc1. The molecule has 0 aliphatic heterocycles. The minimum atomic E-state index is -0.254. The first-order valence-corrected chi connectivity index (χ1v) is 7.22. The van der Waals surface area contributed by atoms with E-state index in [0.29, 0.717) is 12.2 Å². The minimum Gasteiger partial charge on any atom is -0.395 e. The van der Waals surface area contributed by atoms with Gasteiger partial charge in [-0.25, -0.2) is 0 Å². The monoisotopic (exact) mass is 286 g/mol. The number of nitrogens with one attached hydrogen (secondary N) is 2. The van der Waals surface area contributed by atoms with Crippen LogP contribution in [0.15, 0.2) is 24.3 Å². The molecule has 4 N–H and O–H groups in total. The highest BCUT2D eigenvalue weighted by atomic mass is 16.1. The molecule has 2 aromatic rings. The molecule has 21 heavy (non-hydrogen) atoms. The molecular formula is C16H22N4O. The van der Waals surface area contributed by atoms with Crippen molar-refractivity contribution >= 4 is 11.6 Å². The van der Waals surface area contributed by atoms with E-state index < -0.39 is 0 Å². The van der Waals surface area contributed by atoms with Gasteiger partial charge in [-0.05, 0) is 23.5 Å². The molecule has 0 radical (unpaired) electrons. The largest absolute Gasteiger partial charge is 0.395 e. The van der Waals surface area contributed by atoms with Crippen LogP contribution < -0.4 is 11.1 Å². The van der Waals surface area contributed by atoms with Crippen LogP contribution in [-0.2, 0) is 13.0 Å². The van der Waals surface area contributed by atoms with Gasteiger partial charge in [0.05, 0.1) is 11.4 Å². The average molecular weight is 286 g/mol. The number of carbonyl (C=O) groups is 1. The van der Waals surface area contributed by atoms with Gasteiger partial charge >= 0.3 is 0 Å². The maximum absolute atomic E-state index is 12.1. The summed E-state index contributed by atoms with van der Waals surface area (Å²) in [6.45, 7) is 6.58. The van der Waals surface area contributed by atoms with Crippen LogP contribution in [0.3, 0.4) is 0 Å². The standard InChI is InChI=1S/C16H22N4O/c1-4-11-5-7-12(8-6-11)9-18-16(21)15-13(17)14(10(2)3)19-20-15/h5-8,10H,4,9,17H2,1-3H3,(H,18,21)(H,19,20). The molecule has 0 saturated carbocycles. The third-order valence-corrected chi connectivity index (χ3v) is 3.51. The van der Waals surface area contributed by atoms with Crippen molar-refractivity contribution in [2.24, 2.45) is 0 Å². The second-order valence-corrected chi connectivity index (χ2v) is 5.41. The molecule has 5 nitrogen and oxygen atoms in total. The number of carbonyl (C=O) groups excluding carboxylic acids is 1. The summed E-state index contributed by atoms with van der Waals surface area (Å²) in [5, 5.41) is 9.69. The molecule has 1 amide bonds. The van der Waals surface area contributed by atoms with Crippen LogP contribution in [0.25, 0.3) is 0 Å². The summed E-state index contributed by atoms with van der Waals surface area (Å²) in [4.78, 5) is 12.1. The van der Waals surface area contributed by atoms with Gasteiger partial charge in [-0.1, -0.05) is 45.0 Å². The molecule has 2 rings (SSSR count). The minimum absolute atomic E-state index is 0.209. The van der Waals surface area contributed by atoms with Crippen molar-refractivity contribution in [3.05, 3.63) is 46.8 Å². The van der Waals surface area contributed by atoms with E-state index >= 15 is 0 Å². The summed E-state index contributed by atoms with van der Waals surface area (Å²) >= 11 is 0. The number of amides is 1. The van der Waals surface area contributed by atoms with Gasteiger partial charge in [-0.15, -0.1) is 0 Å². The predicted molar refractivity (Wildman–Crippen MR) is 84.1 cm³/mol. The fourth-order valence-corrected chi connectivity index (χ4v) is 2.14. The number of hydrogen-bond donors (Lipinski definition) is 3. The Kier molecular flexibility index (Phi) is 4.62. The van der Waals surface area contributed by atoms with E-state index in [2.05, 4.69) is 34.6 Å². The van der Waals surface area contributed by atoms with Gasteiger partial charge in [-0.3, -0.25) is 9.89 Å². The predicted octanol–water partition coefficient (Wildman–Crippen LogP) is 2.61. The molecule has 0 fully saturated rings. The van der Waals surface area contributed by atoms with Crippen molar-refractivity contribution in [3.8, 4) is 0 Å². The normalized spacial score (nSPS) is 10.9. The Morgan fingerprint density at radius 1 is 1.29 bits per heavy atom. The smallest absolute Gasteiger partial charge is 0.274 e. The third kappa shape index (κ3) is 3.42. The van der Waals surface area contributed by atoms with Gasteiger partial charge in [0.15, 0.2) is 5.69 Å². The van der Waals surface area contributed by atoms with Crippen molar-refractivity contribution < 1.29 is 4.79 Å². The molecule has 1 aromatic carbocycles. The summed E-state index contributed by atoms with van der Waals surface area (Å²) in [7, 11) is 0. The van der Waals surface area contributed by atoms with Crippen LogP contribution in [0.4, 0.5) is 5.69 Å². The van der Waals surface area contributed by atoms with Crippen LogP contribution in [0.2, 0.25) is 0 Å². The molecule has 0 aliphatic rings. The Morgan fingerprint density at radius 2 is 1.90 bits per heavy atom. The zero-order valence-electron chi connectivity index (χ0n) is 12.7. The number of hydrogen-bond acceptors (Lipinski definition) is 3. The third-order valence-electron chi connectivity index (χ3n) is 3.51. The van der Waals surface area contributed by atoms with E-state index in [9.17, 15) is 4.79 Å². The Morgan fingerprint density at radius 3 is 2.43 bits per heavy atom. The van der Waals surface area contributed by atoms with E-state index in [4.69, 9.17) is 5.73 Å². The van der Waals surface area contributed by atoms with Gasteiger partial charge < -0.3 is 11.1 Å². The van der Waals surface area contributed by atoms with Gasteiger partial charge in [0.25, 0.3) is 5.91 Å². The highest BCUT2D eigenvalue weighted by molar-refractivity contribution is 5.97. The molecule has 0 unspecified atom stereocenters. The molecule has 0 saturated heterocycles. The van der Waals surface area contributed by atoms with Crippen LogP contribution >= 0.6 is 0 Å². The van der Waals surface area contributed by atoms with Crippen molar-refractivity contribution in [2.45, 2.75) is 39.7 Å². The number of aromatic nitrogens is 2. The summed E-state index contributed by atoms with van der Waals surface area (Å²) in [5.41, 5.74) is 9.79. The van der Waals surface area contributed by atoms with E-state index in [-0.39, 0.29) is 17.5 Å². The van der Waals surface area contributed by atoms with E-state index in [0.717, 1.165) is 17.7 Å². The number of anilines is 1. The molecule has 0 bridgehead atoms.